The largest absolute Gasteiger partial charge is 0.467 e. The summed E-state index contributed by atoms with van der Waals surface area (Å²) in [6.45, 7) is 5.46. The maximum absolute atomic E-state index is 13.6. The summed E-state index contributed by atoms with van der Waals surface area (Å²) in [6.07, 6.45) is 5.13. The predicted octanol–water partition coefficient (Wildman–Crippen LogP) is 2.05. The van der Waals surface area contributed by atoms with Crippen LogP contribution in [0.3, 0.4) is 0 Å². The summed E-state index contributed by atoms with van der Waals surface area (Å²) < 4.78 is 21.2. The van der Waals surface area contributed by atoms with Gasteiger partial charge in [-0.3, -0.25) is 4.90 Å². The van der Waals surface area contributed by atoms with Crippen molar-refractivity contribution in [1.82, 2.24) is 24.6 Å². The van der Waals surface area contributed by atoms with Gasteiger partial charge in [0, 0.05) is 38.3 Å². The molecule has 2 aromatic heterocycles. The van der Waals surface area contributed by atoms with E-state index >= 15 is 0 Å². The number of aromatic nitrogens is 4. The molecule has 128 valence electrons. The smallest absolute Gasteiger partial charge is 0.250 e. The van der Waals surface area contributed by atoms with Gasteiger partial charge in [0.1, 0.15) is 12.4 Å². The van der Waals surface area contributed by atoms with Gasteiger partial charge in [-0.15, -0.1) is 10.2 Å². The highest BCUT2D eigenvalue weighted by molar-refractivity contribution is 5.13. The fraction of sp³-hybridized carbons (Fsp3) is 0.588. The summed E-state index contributed by atoms with van der Waals surface area (Å²) in [5.41, 5.74) is 0. The van der Waals surface area contributed by atoms with Gasteiger partial charge in [0.25, 0.3) is 5.88 Å². The third kappa shape index (κ3) is 3.26. The van der Waals surface area contributed by atoms with Gasteiger partial charge in [-0.05, 0) is 37.8 Å². The number of fused-ring (bicyclic) bond motifs is 1. The molecule has 0 saturated heterocycles. The molecule has 1 saturated carbocycles. The molecule has 7 heteroatoms. The molecule has 0 bridgehead atoms. The molecule has 0 N–H and O–H groups in total. The summed E-state index contributed by atoms with van der Waals surface area (Å²) in [6, 6.07) is 3.35. The lowest BCUT2D eigenvalue weighted by atomic mass is 10.2. The van der Waals surface area contributed by atoms with Crippen molar-refractivity contribution in [2.75, 3.05) is 13.1 Å². The second kappa shape index (κ2) is 6.47. The molecule has 1 atom stereocenters. The Morgan fingerprint density at radius 2 is 2.17 bits per heavy atom. The topological polar surface area (TPSA) is 56.1 Å². The van der Waals surface area contributed by atoms with Gasteiger partial charge < -0.3 is 9.30 Å². The van der Waals surface area contributed by atoms with E-state index in [9.17, 15) is 4.39 Å². The van der Waals surface area contributed by atoms with Crippen molar-refractivity contribution in [3.8, 4) is 5.88 Å². The van der Waals surface area contributed by atoms with E-state index in [4.69, 9.17) is 4.74 Å². The van der Waals surface area contributed by atoms with Gasteiger partial charge in [-0.25, -0.2) is 9.37 Å². The Kier molecular flexibility index (Phi) is 4.18. The monoisotopic (exact) mass is 331 g/mol. The highest BCUT2D eigenvalue weighted by Crippen LogP contribution is 2.31. The number of nitrogens with zero attached hydrogens (tertiary/aromatic N) is 5. The molecular formula is C17H22FN5O. The maximum Gasteiger partial charge on any atom is 0.250 e. The average molecular weight is 331 g/mol. The molecule has 1 aliphatic heterocycles. The van der Waals surface area contributed by atoms with Crippen LogP contribution in [-0.4, -0.2) is 43.8 Å². The Morgan fingerprint density at radius 3 is 2.96 bits per heavy atom. The first kappa shape index (κ1) is 15.5. The highest BCUT2D eigenvalue weighted by Gasteiger charge is 2.29. The van der Waals surface area contributed by atoms with E-state index < -0.39 is 5.82 Å². The van der Waals surface area contributed by atoms with Crippen LogP contribution in [0.1, 0.15) is 31.4 Å². The minimum atomic E-state index is -0.461. The van der Waals surface area contributed by atoms with Crippen LogP contribution in [0, 0.1) is 11.7 Å². The van der Waals surface area contributed by atoms with Crippen molar-refractivity contribution in [3.63, 3.8) is 0 Å². The van der Waals surface area contributed by atoms with Gasteiger partial charge in [0.05, 0.1) is 0 Å². The SMILES string of the molecule is C[C@@H]1Cc2nnc(COc3ncccc3F)n2CCN1CC1CC1. The molecule has 2 aromatic rings. The molecule has 1 aliphatic carbocycles. The Labute approximate surface area is 140 Å². The summed E-state index contributed by atoms with van der Waals surface area (Å²) in [5, 5.41) is 8.56. The van der Waals surface area contributed by atoms with Crippen molar-refractivity contribution in [1.29, 1.82) is 0 Å². The van der Waals surface area contributed by atoms with E-state index in [0.717, 1.165) is 37.1 Å². The van der Waals surface area contributed by atoms with Crippen molar-refractivity contribution in [3.05, 3.63) is 35.8 Å². The molecular weight excluding hydrogens is 309 g/mol. The van der Waals surface area contributed by atoms with Gasteiger partial charge in [0.15, 0.2) is 11.6 Å². The van der Waals surface area contributed by atoms with Crippen molar-refractivity contribution in [2.24, 2.45) is 5.92 Å². The molecule has 0 aromatic carbocycles. The molecule has 0 spiro atoms. The first-order valence-electron chi connectivity index (χ1n) is 8.59. The van der Waals surface area contributed by atoms with Crippen LogP contribution in [0.15, 0.2) is 18.3 Å². The van der Waals surface area contributed by atoms with Gasteiger partial charge in [0.2, 0.25) is 0 Å². The average Bonchev–Trinajstić information content (AvgIpc) is 3.34. The van der Waals surface area contributed by atoms with E-state index in [-0.39, 0.29) is 12.5 Å². The van der Waals surface area contributed by atoms with E-state index in [0.29, 0.717) is 6.04 Å². The summed E-state index contributed by atoms with van der Waals surface area (Å²) in [4.78, 5) is 6.46. The summed E-state index contributed by atoms with van der Waals surface area (Å²) >= 11 is 0. The van der Waals surface area contributed by atoms with Gasteiger partial charge in [-0.2, -0.15) is 0 Å². The molecule has 24 heavy (non-hydrogen) atoms. The van der Waals surface area contributed by atoms with Crippen LogP contribution >= 0.6 is 0 Å². The maximum atomic E-state index is 13.6. The third-order valence-electron chi connectivity index (χ3n) is 4.87. The van der Waals surface area contributed by atoms with Crippen LogP contribution in [0.4, 0.5) is 4.39 Å². The van der Waals surface area contributed by atoms with Crippen molar-refractivity contribution >= 4 is 0 Å². The quantitative estimate of drug-likeness (QED) is 0.839. The van der Waals surface area contributed by atoms with E-state index in [1.807, 2.05) is 0 Å². The first-order chi connectivity index (χ1) is 11.7. The molecule has 4 rings (SSSR count). The number of halogens is 1. The molecule has 2 aliphatic rings. The number of rotatable bonds is 5. The number of pyridine rings is 1. The molecule has 3 heterocycles. The van der Waals surface area contributed by atoms with Crippen molar-refractivity contribution < 1.29 is 9.13 Å². The van der Waals surface area contributed by atoms with Crippen molar-refractivity contribution in [2.45, 2.75) is 45.4 Å². The molecule has 1 fully saturated rings. The Balaban J connectivity index is 1.45. The zero-order valence-electron chi connectivity index (χ0n) is 13.9. The minimum absolute atomic E-state index is 0.00667. The lowest BCUT2D eigenvalue weighted by Gasteiger charge is -2.26. The normalized spacial score (nSPS) is 21.3. The zero-order chi connectivity index (χ0) is 16.5. The zero-order valence-corrected chi connectivity index (χ0v) is 13.9. The Bertz CT molecular complexity index is 715. The fourth-order valence-corrected chi connectivity index (χ4v) is 3.24. The van der Waals surface area contributed by atoms with E-state index in [1.165, 1.54) is 31.6 Å². The standard InChI is InChI=1S/C17H22FN5O/c1-12-9-15-20-21-16(11-24-17-14(18)3-2-6-19-17)23(15)8-7-22(12)10-13-4-5-13/h2-3,6,12-13H,4-5,7-11H2,1H3/t12-/m1/s1. The predicted molar refractivity (Wildman–Crippen MR) is 86.0 cm³/mol. The van der Waals surface area contributed by atoms with Crippen LogP contribution in [0.5, 0.6) is 5.88 Å². The second-order valence-corrected chi connectivity index (χ2v) is 6.75. The summed E-state index contributed by atoms with van der Waals surface area (Å²) in [7, 11) is 0. The van der Waals surface area contributed by atoms with E-state index in [1.54, 1.807) is 6.07 Å². The molecule has 0 radical (unpaired) electrons. The number of ether oxygens (including phenoxy) is 1. The first-order valence-corrected chi connectivity index (χ1v) is 8.59. The Hall–Kier alpha value is -2.02. The lowest BCUT2D eigenvalue weighted by Crippen LogP contribution is -2.36. The van der Waals surface area contributed by atoms with Crippen LogP contribution in [-0.2, 0) is 19.6 Å². The van der Waals surface area contributed by atoms with Gasteiger partial charge in [-0.1, -0.05) is 0 Å². The highest BCUT2D eigenvalue weighted by atomic mass is 19.1. The van der Waals surface area contributed by atoms with E-state index in [2.05, 4.69) is 31.6 Å². The van der Waals surface area contributed by atoms with Crippen LogP contribution < -0.4 is 4.74 Å². The van der Waals surface area contributed by atoms with Gasteiger partial charge >= 0.3 is 0 Å². The lowest BCUT2D eigenvalue weighted by molar-refractivity contribution is 0.201. The Morgan fingerprint density at radius 1 is 1.29 bits per heavy atom. The van der Waals surface area contributed by atoms with Crippen LogP contribution in [0.2, 0.25) is 0 Å². The fourth-order valence-electron chi connectivity index (χ4n) is 3.24. The molecule has 6 nitrogen and oxygen atoms in total. The third-order valence-corrected chi connectivity index (χ3v) is 4.87. The minimum Gasteiger partial charge on any atom is -0.467 e. The second-order valence-electron chi connectivity index (χ2n) is 6.75. The van der Waals surface area contributed by atoms with Crippen LogP contribution in [0.25, 0.3) is 0 Å². The molecule has 0 unspecified atom stereocenters. The summed E-state index contributed by atoms with van der Waals surface area (Å²) in [5.74, 6) is 2.15. The number of hydrogen-bond acceptors (Lipinski definition) is 5. The molecule has 0 amide bonds. The number of hydrogen-bond donors (Lipinski definition) is 0.